The monoisotopic (exact) mass is 418 g/mol. The number of nitrogens with one attached hydrogen (secondary N) is 1. The van der Waals surface area contributed by atoms with E-state index in [0.29, 0.717) is 28.3 Å². The van der Waals surface area contributed by atoms with Crippen molar-refractivity contribution in [3.8, 4) is 0 Å². The van der Waals surface area contributed by atoms with Crippen LogP contribution in [-0.4, -0.2) is 58.4 Å². The third kappa shape index (κ3) is 5.86. The van der Waals surface area contributed by atoms with Crippen molar-refractivity contribution in [2.45, 2.75) is 35.2 Å². The van der Waals surface area contributed by atoms with Gasteiger partial charge in [0.1, 0.15) is 16.4 Å². The van der Waals surface area contributed by atoms with Gasteiger partial charge in [-0.2, -0.15) is 0 Å². The minimum atomic E-state index is -0.997. The Morgan fingerprint density at radius 1 is 1.18 bits per heavy atom. The molecule has 1 fully saturated rings. The van der Waals surface area contributed by atoms with Gasteiger partial charge in [-0.3, -0.25) is 0 Å². The number of hydrogen-bond donors (Lipinski definition) is 2. The molecule has 0 bridgehead atoms. The van der Waals surface area contributed by atoms with Crippen molar-refractivity contribution in [2.75, 3.05) is 37.8 Å². The molecule has 0 radical (unpaired) electrons. The SMILES string of the molecule is CSc1nc(NCCN2CCCCC2)c(C(=O)O)c(SCc2ccccc2)n1. The number of carboxylic acid groups (broad SMARTS) is 1. The molecular formula is C20H26N4O2S2. The topological polar surface area (TPSA) is 78.4 Å². The van der Waals surface area contributed by atoms with E-state index in [1.165, 1.54) is 42.8 Å². The van der Waals surface area contributed by atoms with E-state index in [1.807, 2.05) is 36.6 Å². The number of carbonyl (C=O) groups is 1. The van der Waals surface area contributed by atoms with Gasteiger partial charge < -0.3 is 15.3 Å². The van der Waals surface area contributed by atoms with Crippen molar-refractivity contribution in [1.82, 2.24) is 14.9 Å². The van der Waals surface area contributed by atoms with Gasteiger partial charge in [0, 0.05) is 18.8 Å². The number of anilines is 1. The minimum absolute atomic E-state index is 0.164. The first kappa shape index (κ1) is 21.0. The summed E-state index contributed by atoms with van der Waals surface area (Å²) in [4.78, 5) is 23.3. The molecule has 150 valence electrons. The van der Waals surface area contributed by atoms with Gasteiger partial charge in [0.25, 0.3) is 0 Å². The van der Waals surface area contributed by atoms with Crippen molar-refractivity contribution >= 4 is 35.3 Å². The first-order chi connectivity index (χ1) is 13.7. The van der Waals surface area contributed by atoms with E-state index < -0.39 is 5.97 Å². The fourth-order valence-corrected chi connectivity index (χ4v) is 4.58. The summed E-state index contributed by atoms with van der Waals surface area (Å²) in [6, 6.07) is 9.99. The highest BCUT2D eigenvalue weighted by atomic mass is 32.2. The number of rotatable bonds is 9. The Morgan fingerprint density at radius 3 is 2.61 bits per heavy atom. The molecule has 1 aromatic heterocycles. The second kappa shape index (κ2) is 10.7. The molecule has 2 heterocycles. The average Bonchev–Trinajstić information content (AvgIpc) is 2.73. The summed E-state index contributed by atoms with van der Waals surface area (Å²) in [5.74, 6) is 0.0854. The van der Waals surface area contributed by atoms with Crippen molar-refractivity contribution < 1.29 is 9.90 Å². The Kier molecular flexibility index (Phi) is 8.00. The molecule has 1 saturated heterocycles. The summed E-state index contributed by atoms with van der Waals surface area (Å²) in [5.41, 5.74) is 1.30. The van der Waals surface area contributed by atoms with Crippen LogP contribution in [0.2, 0.25) is 0 Å². The van der Waals surface area contributed by atoms with Crippen LogP contribution in [0.3, 0.4) is 0 Å². The third-order valence-electron chi connectivity index (χ3n) is 4.64. The highest BCUT2D eigenvalue weighted by Gasteiger charge is 2.21. The number of aromatic nitrogens is 2. The van der Waals surface area contributed by atoms with Gasteiger partial charge in [-0.1, -0.05) is 48.5 Å². The molecule has 0 saturated carbocycles. The predicted molar refractivity (Wildman–Crippen MR) is 116 cm³/mol. The lowest BCUT2D eigenvalue weighted by Gasteiger charge is -2.26. The number of nitrogens with zero attached hydrogens (tertiary/aromatic N) is 3. The molecule has 3 rings (SSSR count). The fraction of sp³-hybridized carbons (Fsp3) is 0.450. The van der Waals surface area contributed by atoms with E-state index >= 15 is 0 Å². The maximum Gasteiger partial charge on any atom is 0.342 e. The zero-order valence-electron chi connectivity index (χ0n) is 16.1. The maximum atomic E-state index is 12.0. The lowest BCUT2D eigenvalue weighted by Crippen LogP contribution is -2.34. The Balaban J connectivity index is 1.74. The van der Waals surface area contributed by atoms with Crippen molar-refractivity contribution in [3.05, 3.63) is 41.5 Å². The number of piperidine rings is 1. The molecule has 28 heavy (non-hydrogen) atoms. The van der Waals surface area contributed by atoms with Crippen molar-refractivity contribution in [1.29, 1.82) is 0 Å². The molecular weight excluding hydrogens is 392 g/mol. The second-order valence-corrected chi connectivity index (χ2v) is 8.39. The standard InChI is InChI=1S/C20H26N4O2S2/c1-27-20-22-17(21-10-13-24-11-6-3-7-12-24)16(19(25)26)18(23-20)28-14-15-8-4-2-5-9-15/h2,4-5,8-9H,3,6-7,10-14H2,1H3,(H,25,26)(H,21,22,23). The molecule has 0 amide bonds. The Bertz CT molecular complexity index is 783. The Labute approximate surface area is 174 Å². The smallest absolute Gasteiger partial charge is 0.342 e. The van der Waals surface area contributed by atoms with E-state index in [2.05, 4.69) is 20.2 Å². The summed E-state index contributed by atoms with van der Waals surface area (Å²) in [6.45, 7) is 3.80. The first-order valence-corrected chi connectivity index (χ1v) is 11.7. The van der Waals surface area contributed by atoms with Crippen LogP contribution in [0.15, 0.2) is 40.5 Å². The zero-order chi connectivity index (χ0) is 19.8. The largest absolute Gasteiger partial charge is 0.477 e. The first-order valence-electron chi connectivity index (χ1n) is 9.49. The van der Waals surface area contributed by atoms with Crippen molar-refractivity contribution in [3.63, 3.8) is 0 Å². The molecule has 2 aromatic rings. The molecule has 1 aromatic carbocycles. The van der Waals surface area contributed by atoms with Gasteiger partial charge >= 0.3 is 5.97 Å². The number of hydrogen-bond acceptors (Lipinski definition) is 7. The number of carboxylic acids is 1. The maximum absolute atomic E-state index is 12.0. The summed E-state index contributed by atoms with van der Waals surface area (Å²) < 4.78 is 0. The number of aromatic carboxylic acids is 1. The van der Waals surface area contributed by atoms with E-state index in [-0.39, 0.29) is 5.56 Å². The van der Waals surface area contributed by atoms with Crippen LogP contribution in [0.25, 0.3) is 0 Å². The normalized spacial score (nSPS) is 14.8. The van der Waals surface area contributed by atoms with Gasteiger partial charge in [0.15, 0.2) is 5.16 Å². The van der Waals surface area contributed by atoms with Gasteiger partial charge in [-0.15, -0.1) is 11.8 Å². The molecule has 8 heteroatoms. The summed E-state index contributed by atoms with van der Waals surface area (Å²) in [7, 11) is 0. The molecule has 1 aliphatic heterocycles. The quantitative estimate of drug-likeness (QED) is 0.358. The van der Waals surface area contributed by atoms with E-state index in [4.69, 9.17) is 0 Å². The molecule has 6 nitrogen and oxygen atoms in total. The van der Waals surface area contributed by atoms with E-state index in [9.17, 15) is 9.90 Å². The zero-order valence-corrected chi connectivity index (χ0v) is 17.7. The number of likely N-dealkylation sites (tertiary alicyclic amines) is 1. The van der Waals surface area contributed by atoms with Gasteiger partial charge in [-0.25, -0.2) is 14.8 Å². The number of benzene rings is 1. The lowest BCUT2D eigenvalue weighted by molar-refractivity contribution is 0.0692. The number of thioether (sulfide) groups is 2. The summed E-state index contributed by atoms with van der Waals surface area (Å²) in [5, 5.41) is 14.2. The van der Waals surface area contributed by atoms with Gasteiger partial charge in [0.2, 0.25) is 0 Å². The van der Waals surface area contributed by atoms with Crippen LogP contribution in [-0.2, 0) is 5.75 Å². The minimum Gasteiger partial charge on any atom is -0.477 e. The predicted octanol–water partition coefficient (Wildman–Crippen LogP) is 4.09. The van der Waals surface area contributed by atoms with E-state index in [0.717, 1.165) is 25.2 Å². The summed E-state index contributed by atoms with van der Waals surface area (Å²) >= 11 is 2.86. The summed E-state index contributed by atoms with van der Waals surface area (Å²) in [6.07, 6.45) is 5.69. The molecule has 0 aliphatic carbocycles. The van der Waals surface area contributed by atoms with Gasteiger partial charge in [0.05, 0.1) is 0 Å². The Hall–Kier alpha value is -1.77. The van der Waals surface area contributed by atoms with Crippen LogP contribution < -0.4 is 5.32 Å². The molecule has 0 spiro atoms. The molecule has 0 unspecified atom stereocenters. The van der Waals surface area contributed by atoms with Crippen LogP contribution in [0.4, 0.5) is 5.82 Å². The molecule has 1 aliphatic rings. The fourth-order valence-electron chi connectivity index (χ4n) is 3.18. The van der Waals surface area contributed by atoms with E-state index in [1.54, 1.807) is 0 Å². The third-order valence-corrected chi connectivity index (χ3v) is 6.23. The molecule has 0 atom stereocenters. The van der Waals surface area contributed by atoms with Crippen LogP contribution in [0.1, 0.15) is 35.2 Å². The average molecular weight is 419 g/mol. The highest BCUT2D eigenvalue weighted by molar-refractivity contribution is 7.99. The van der Waals surface area contributed by atoms with Crippen LogP contribution >= 0.6 is 23.5 Å². The lowest BCUT2D eigenvalue weighted by atomic mass is 10.1. The van der Waals surface area contributed by atoms with Crippen LogP contribution in [0, 0.1) is 0 Å². The van der Waals surface area contributed by atoms with Crippen molar-refractivity contribution in [2.24, 2.45) is 0 Å². The van der Waals surface area contributed by atoms with Crippen LogP contribution in [0.5, 0.6) is 0 Å². The Morgan fingerprint density at radius 2 is 1.93 bits per heavy atom. The molecule has 2 N–H and O–H groups in total. The van der Waals surface area contributed by atoms with Gasteiger partial charge in [-0.05, 0) is 37.8 Å². The second-order valence-electron chi connectivity index (χ2n) is 6.65. The highest BCUT2D eigenvalue weighted by Crippen LogP contribution is 2.30.